The number of alkyl halides is 1. The number of aliphatic hydroxyl groups is 1. The lowest BCUT2D eigenvalue weighted by Gasteiger charge is -2.37. The highest BCUT2D eigenvalue weighted by Gasteiger charge is 2.32. The van der Waals surface area contributed by atoms with E-state index in [4.69, 9.17) is 0 Å². The first kappa shape index (κ1) is 12.0. The van der Waals surface area contributed by atoms with E-state index in [2.05, 4.69) is 15.9 Å². The van der Waals surface area contributed by atoms with Crippen LogP contribution in [0, 0.1) is 5.92 Å². The number of hydrogen-bond acceptors (Lipinski definition) is 2. The van der Waals surface area contributed by atoms with Gasteiger partial charge in [0, 0.05) is 6.54 Å². The second-order valence-electron chi connectivity index (χ2n) is 4.14. The van der Waals surface area contributed by atoms with Crippen molar-refractivity contribution in [3.63, 3.8) is 0 Å². The van der Waals surface area contributed by atoms with E-state index >= 15 is 0 Å². The molecule has 14 heavy (non-hydrogen) atoms. The van der Waals surface area contributed by atoms with Crippen molar-refractivity contribution in [1.82, 2.24) is 4.90 Å². The molecule has 2 unspecified atom stereocenters. The van der Waals surface area contributed by atoms with Gasteiger partial charge in [0.1, 0.15) is 0 Å². The maximum Gasteiger partial charge on any atom is 0.236 e. The standard InChI is InChI=1S/C10H18BrNO2/c1-7(2)9(6-13)12-5-3-4-8(11)10(12)14/h7-9,13H,3-6H2,1-2H3. The number of halogens is 1. The van der Waals surface area contributed by atoms with Gasteiger partial charge < -0.3 is 10.0 Å². The van der Waals surface area contributed by atoms with Crippen molar-refractivity contribution in [3.8, 4) is 0 Å². The van der Waals surface area contributed by atoms with E-state index < -0.39 is 0 Å². The Morgan fingerprint density at radius 2 is 2.29 bits per heavy atom. The molecular formula is C10H18BrNO2. The van der Waals surface area contributed by atoms with Crippen LogP contribution >= 0.6 is 15.9 Å². The minimum atomic E-state index is -0.0518. The number of amides is 1. The lowest BCUT2D eigenvalue weighted by atomic mass is 10.00. The molecule has 0 aromatic heterocycles. The Kier molecular flexibility index (Phi) is 4.38. The summed E-state index contributed by atoms with van der Waals surface area (Å²) in [6.07, 6.45) is 1.93. The van der Waals surface area contributed by atoms with Crippen molar-refractivity contribution in [3.05, 3.63) is 0 Å². The predicted molar refractivity (Wildman–Crippen MR) is 59.4 cm³/mol. The average molecular weight is 264 g/mol. The summed E-state index contributed by atoms with van der Waals surface area (Å²) in [6, 6.07) is -0.0251. The molecule has 0 bridgehead atoms. The Balaban J connectivity index is 2.69. The van der Waals surface area contributed by atoms with Crippen LogP contribution in [0.1, 0.15) is 26.7 Å². The number of rotatable bonds is 3. The Bertz CT molecular complexity index is 208. The highest BCUT2D eigenvalue weighted by molar-refractivity contribution is 9.10. The van der Waals surface area contributed by atoms with Crippen LogP contribution in [0.5, 0.6) is 0 Å². The molecule has 2 atom stereocenters. The van der Waals surface area contributed by atoms with Gasteiger partial charge in [-0.25, -0.2) is 0 Å². The topological polar surface area (TPSA) is 40.5 Å². The first-order chi connectivity index (χ1) is 6.57. The number of carbonyl (C=O) groups excluding carboxylic acids is 1. The quantitative estimate of drug-likeness (QED) is 0.782. The van der Waals surface area contributed by atoms with E-state index in [9.17, 15) is 9.90 Å². The van der Waals surface area contributed by atoms with Gasteiger partial charge in [-0.05, 0) is 18.8 Å². The van der Waals surface area contributed by atoms with Crippen LogP contribution in [0.3, 0.4) is 0 Å². The van der Waals surface area contributed by atoms with Crippen LogP contribution in [0.15, 0.2) is 0 Å². The molecular weight excluding hydrogens is 246 g/mol. The first-order valence-electron chi connectivity index (χ1n) is 5.13. The van der Waals surface area contributed by atoms with Gasteiger partial charge in [0.05, 0.1) is 17.5 Å². The fourth-order valence-corrected chi connectivity index (χ4v) is 2.44. The summed E-state index contributed by atoms with van der Waals surface area (Å²) in [7, 11) is 0. The number of aliphatic hydroxyl groups excluding tert-OH is 1. The minimum absolute atomic E-state index is 0.0251. The monoisotopic (exact) mass is 263 g/mol. The lowest BCUT2D eigenvalue weighted by molar-refractivity contribution is -0.137. The summed E-state index contributed by atoms with van der Waals surface area (Å²) in [6.45, 7) is 4.91. The molecule has 1 aliphatic rings. The molecule has 0 aliphatic carbocycles. The van der Waals surface area contributed by atoms with Gasteiger partial charge in [0.15, 0.2) is 0 Å². The van der Waals surface area contributed by atoms with Crippen LogP contribution in [-0.2, 0) is 4.79 Å². The van der Waals surface area contributed by atoms with Gasteiger partial charge in [-0.3, -0.25) is 4.79 Å². The summed E-state index contributed by atoms with van der Waals surface area (Å²) in [5.74, 6) is 0.436. The van der Waals surface area contributed by atoms with Crippen molar-refractivity contribution in [2.45, 2.75) is 37.6 Å². The van der Waals surface area contributed by atoms with E-state index in [-0.39, 0.29) is 23.4 Å². The van der Waals surface area contributed by atoms with Crippen molar-refractivity contribution < 1.29 is 9.90 Å². The predicted octanol–water partition coefficient (Wildman–Crippen LogP) is 1.39. The van der Waals surface area contributed by atoms with Gasteiger partial charge >= 0.3 is 0 Å². The molecule has 3 nitrogen and oxygen atoms in total. The molecule has 0 aromatic carbocycles. The molecule has 82 valence electrons. The highest BCUT2D eigenvalue weighted by atomic mass is 79.9. The average Bonchev–Trinajstić information content (AvgIpc) is 2.13. The van der Waals surface area contributed by atoms with Crippen LogP contribution in [0.4, 0.5) is 0 Å². The Hall–Kier alpha value is -0.0900. The van der Waals surface area contributed by atoms with Gasteiger partial charge in [-0.15, -0.1) is 0 Å². The minimum Gasteiger partial charge on any atom is -0.394 e. The van der Waals surface area contributed by atoms with Crippen LogP contribution in [0.2, 0.25) is 0 Å². The Morgan fingerprint density at radius 3 is 2.79 bits per heavy atom. The number of piperidine rings is 1. The molecule has 1 N–H and O–H groups in total. The molecule has 1 fully saturated rings. The zero-order chi connectivity index (χ0) is 10.7. The largest absolute Gasteiger partial charge is 0.394 e. The molecule has 0 aromatic rings. The molecule has 1 saturated heterocycles. The molecule has 0 spiro atoms. The van der Waals surface area contributed by atoms with E-state index in [1.165, 1.54) is 0 Å². The summed E-state index contributed by atoms with van der Waals surface area (Å²) in [4.78, 5) is 13.6. The third kappa shape index (κ3) is 2.48. The second kappa shape index (κ2) is 5.12. The van der Waals surface area contributed by atoms with Crippen molar-refractivity contribution in [1.29, 1.82) is 0 Å². The van der Waals surface area contributed by atoms with Gasteiger partial charge in [-0.1, -0.05) is 29.8 Å². The fraction of sp³-hybridized carbons (Fsp3) is 0.900. The Labute approximate surface area is 93.6 Å². The first-order valence-corrected chi connectivity index (χ1v) is 6.05. The van der Waals surface area contributed by atoms with E-state index in [0.717, 1.165) is 19.4 Å². The zero-order valence-electron chi connectivity index (χ0n) is 8.74. The van der Waals surface area contributed by atoms with Gasteiger partial charge in [0.2, 0.25) is 5.91 Å². The van der Waals surface area contributed by atoms with Crippen molar-refractivity contribution >= 4 is 21.8 Å². The summed E-state index contributed by atoms with van der Waals surface area (Å²) < 4.78 is 0. The fourth-order valence-electron chi connectivity index (χ4n) is 1.85. The normalized spacial score (nSPS) is 25.6. The highest BCUT2D eigenvalue weighted by Crippen LogP contribution is 2.22. The zero-order valence-corrected chi connectivity index (χ0v) is 10.3. The van der Waals surface area contributed by atoms with Crippen LogP contribution in [-0.4, -0.2) is 39.9 Å². The second-order valence-corrected chi connectivity index (χ2v) is 5.24. The van der Waals surface area contributed by atoms with Crippen LogP contribution in [0.25, 0.3) is 0 Å². The molecule has 4 heteroatoms. The third-order valence-corrected chi connectivity index (χ3v) is 3.61. The molecule has 1 rings (SSSR count). The number of hydrogen-bond donors (Lipinski definition) is 1. The summed E-state index contributed by atoms with van der Waals surface area (Å²) >= 11 is 3.37. The number of nitrogens with zero attached hydrogens (tertiary/aromatic N) is 1. The molecule has 1 amide bonds. The van der Waals surface area contributed by atoms with Crippen molar-refractivity contribution in [2.24, 2.45) is 5.92 Å². The summed E-state index contributed by atoms with van der Waals surface area (Å²) in [5, 5.41) is 9.24. The third-order valence-electron chi connectivity index (χ3n) is 2.76. The van der Waals surface area contributed by atoms with Gasteiger partial charge in [-0.2, -0.15) is 0 Å². The maximum atomic E-state index is 11.8. The van der Waals surface area contributed by atoms with E-state index in [1.807, 2.05) is 18.7 Å². The maximum absolute atomic E-state index is 11.8. The van der Waals surface area contributed by atoms with E-state index in [1.54, 1.807) is 0 Å². The number of likely N-dealkylation sites (tertiary alicyclic amines) is 1. The van der Waals surface area contributed by atoms with Gasteiger partial charge in [0.25, 0.3) is 0 Å². The lowest BCUT2D eigenvalue weighted by Crippen LogP contribution is -2.51. The van der Waals surface area contributed by atoms with Crippen molar-refractivity contribution in [2.75, 3.05) is 13.2 Å². The summed E-state index contributed by atoms with van der Waals surface area (Å²) in [5.41, 5.74) is 0. The molecule has 1 aliphatic heterocycles. The SMILES string of the molecule is CC(C)C(CO)N1CCCC(Br)C1=O. The molecule has 0 radical (unpaired) electrons. The number of carbonyl (C=O) groups is 1. The molecule has 1 heterocycles. The van der Waals surface area contributed by atoms with E-state index in [0.29, 0.717) is 5.92 Å². The van der Waals surface area contributed by atoms with Crippen LogP contribution < -0.4 is 0 Å². The molecule has 0 saturated carbocycles. The smallest absolute Gasteiger partial charge is 0.236 e. The Morgan fingerprint density at radius 1 is 1.64 bits per heavy atom.